The highest BCUT2D eigenvalue weighted by Gasteiger charge is 2.17. The van der Waals surface area contributed by atoms with E-state index in [1.54, 1.807) is 0 Å². The predicted octanol–water partition coefficient (Wildman–Crippen LogP) is 4.29. The quantitative estimate of drug-likeness (QED) is 0.743. The van der Waals surface area contributed by atoms with E-state index in [2.05, 4.69) is 51.0 Å². The lowest BCUT2D eigenvalue weighted by Gasteiger charge is -2.19. The number of hydrogen-bond donors (Lipinski definition) is 0. The Morgan fingerprint density at radius 2 is 1.88 bits per heavy atom. The van der Waals surface area contributed by atoms with Crippen molar-refractivity contribution in [2.75, 3.05) is 14.1 Å². The maximum Gasteiger partial charge on any atom is 0.117 e. The highest BCUT2D eigenvalue weighted by atomic mass is 35.9. The molecular weight excluding hydrogens is 260 g/mol. The number of benzene rings is 1. The van der Waals surface area contributed by atoms with Gasteiger partial charge in [-0.25, -0.2) is 0 Å². The molecule has 1 aromatic rings. The Morgan fingerprint density at radius 3 is 2.31 bits per heavy atom. The second-order valence-corrected chi connectivity index (χ2v) is 7.94. The van der Waals surface area contributed by atoms with E-state index in [-0.39, 0.29) is 0 Å². The van der Waals surface area contributed by atoms with Crippen LogP contribution in [0.15, 0.2) is 18.2 Å². The molecule has 0 fully saturated rings. The van der Waals surface area contributed by atoms with Crippen molar-refractivity contribution in [1.29, 1.82) is 0 Å². The van der Waals surface area contributed by atoms with Crippen LogP contribution in [-0.4, -0.2) is 19.0 Å². The van der Waals surface area contributed by atoms with E-state index in [0.29, 0.717) is 5.92 Å². The maximum absolute atomic E-state index is 6.15. The summed E-state index contributed by atoms with van der Waals surface area (Å²) in [6.07, 6.45) is 0. The lowest BCUT2D eigenvalue weighted by molar-refractivity contribution is 0.403. The smallest absolute Gasteiger partial charge is 0.117 e. The van der Waals surface area contributed by atoms with Crippen molar-refractivity contribution in [2.24, 2.45) is 0 Å². The zero-order valence-electron chi connectivity index (χ0n) is 10.2. The largest absolute Gasteiger partial charge is 0.305 e. The minimum Gasteiger partial charge on any atom is -0.305 e. The first kappa shape index (κ1) is 14.3. The molecule has 0 unspecified atom stereocenters. The molecule has 1 rings (SSSR count). The van der Waals surface area contributed by atoms with Crippen molar-refractivity contribution in [3.63, 3.8) is 0 Å². The van der Waals surface area contributed by atoms with Gasteiger partial charge in [-0.3, -0.25) is 0 Å². The van der Waals surface area contributed by atoms with Crippen LogP contribution in [0.5, 0.6) is 0 Å². The first-order valence-corrected chi connectivity index (χ1v) is 8.46. The number of nitrogens with zero attached hydrogens (tertiary/aromatic N) is 1. The van der Waals surface area contributed by atoms with E-state index in [4.69, 9.17) is 22.5 Å². The van der Waals surface area contributed by atoms with Gasteiger partial charge in [0.2, 0.25) is 0 Å². The fourth-order valence-corrected chi connectivity index (χ4v) is 3.88. The fourth-order valence-electron chi connectivity index (χ4n) is 1.75. The second-order valence-electron chi connectivity index (χ2n) is 4.48. The summed E-state index contributed by atoms with van der Waals surface area (Å²) in [5.74, 6) is 0.458. The molecule has 16 heavy (non-hydrogen) atoms. The molecule has 0 radical (unpaired) electrons. The molecule has 0 saturated heterocycles. The van der Waals surface area contributed by atoms with Gasteiger partial charge >= 0.3 is 0 Å². The Balaban J connectivity index is 3.21. The van der Waals surface area contributed by atoms with Gasteiger partial charge in [-0.15, -0.1) is 0 Å². The Hall–Kier alpha value is 0.190. The van der Waals surface area contributed by atoms with Crippen LogP contribution in [0.1, 0.15) is 30.9 Å². The van der Waals surface area contributed by atoms with Crippen LogP contribution < -0.4 is 5.30 Å². The van der Waals surface area contributed by atoms with Gasteiger partial charge in [0.25, 0.3) is 0 Å². The van der Waals surface area contributed by atoms with Gasteiger partial charge < -0.3 is 4.90 Å². The van der Waals surface area contributed by atoms with Crippen molar-refractivity contribution in [3.8, 4) is 0 Å². The first-order valence-electron chi connectivity index (χ1n) is 5.31. The summed E-state index contributed by atoms with van der Waals surface area (Å²) in [7, 11) is 4.10. The molecule has 0 heterocycles. The number of rotatable bonds is 4. The van der Waals surface area contributed by atoms with Gasteiger partial charge in [-0.05, 0) is 31.1 Å². The second kappa shape index (κ2) is 6.21. The highest BCUT2D eigenvalue weighted by molar-refractivity contribution is 8.09. The van der Waals surface area contributed by atoms with Crippen LogP contribution in [0.4, 0.5) is 0 Å². The Kier molecular flexibility index (Phi) is 5.53. The van der Waals surface area contributed by atoms with Crippen LogP contribution >= 0.6 is 29.1 Å². The SMILES string of the molecule is CC(C)c1cccc(CN(C)C)c1P(Cl)Cl. The fraction of sp³-hybridized carbons (Fsp3) is 0.500. The van der Waals surface area contributed by atoms with Crippen LogP contribution in [0.3, 0.4) is 0 Å². The summed E-state index contributed by atoms with van der Waals surface area (Å²) < 4.78 is 0. The molecule has 0 aromatic heterocycles. The standard InChI is InChI=1S/C12H18Cl2NP/c1-9(2)11-7-5-6-10(8-15(3)4)12(11)16(13)14/h5-7,9H,8H2,1-4H3. The molecule has 4 heteroatoms. The average molecular weight is 278 g/mol. The topological polar surface area (TPSA) is 3.24 Å². The van der Waals surface area contributed by atoms with Gasteiger partial charge in [0.1, 0.15) is 6.63 Å². The third kappa shape index (κ3) is 3.60. The van der Waals surface area contributed by atoms with Crippen LogP contribution in [0.2, 0.25) is 0 Å². The molecule has 90 valence electrons. The summed E-state index contributed by atoms with van der Waals surface area (Å²) >= 11 is 12.3. The van der Waals surface area contributed by atoms with Crippen molar-refractivity contribution in [3.05, 3.63) is 29.3 Å². The molecule has 1 nitrogen and oxygen atoms in total. The van der Waals surface area contributed by atoms with Crippen molar-refractivity contribution < 1.29 is 0 Å². The van der Waals surface area contributed by atoms with Crippen molar-refractivity contribution in [1.82, 2.24) is 4.90 Å². The first-order chi connectivity index (χ1) is 7.43. The zero-order valence-corrected chi connectivity index (χ0v) is 12.6. The van der Waals surface area contributed by atoms with Crippen molar-refractivity contribution >= 4 is 34.4 Å². The minimum absolute atomic E-state index is 0.458. The molecule has 1 aromatic carbocycles. The van der Waals surface area contributed by atoms with E-state index >= 15 is 0 Å². The lowest BCUT2D eigenvalue weighted by atomic mass is 10.0. The van der Waals surface area contributed by atoms with E-state index in [1.165, 1.54) is 11.1 Å². The molecule has 0 atom stereocenters. The number of hydrogen-bond acceptors (Lipinski definition) is 1. The summed E-state index contributed by atoms with van der Waals surface area (Å²) in [5.41, 5.74) is 2.52. The molecule has 0 amide bonds. The van der Waals surface area contributed by atoms with E-state index in [1.807, 2.05) is 0 Å². The lowest BCUT2D eigenvalue weighted by Crippen LogP contribution is -2.19. The van der Waals surface area contributed by atoms with Gasteiger partial charge in [0, 0.05) is 11.8 Å². The van der Waals surface area contributed by atoms with E-state index < -0.39 is 6.63 Å². The van der Waals surface area contributed by atoms with Crippen LogP contribution in [0.25, 0.3) is 0 Å². The minimum atomic E-state index is -1.08. The maximum atomic E-state index is 6.15. The van der Waals surface area contributed by atoms with E-state index in [9.17, 15) is 0 Å². The Labute approximate surface area is 109 Å². The van der Waals surface area contributed by atoms with Crippen molar-refractivity contribution in [2.45, 2.75) is 26.3 Å². The van der Waals surface area contributed by atoms with E-state index in [0.717, 1.165) is 11.8 Å². The molecular formula is C12H18Cl2NP. The highest BCUT2D eigenvalue weighted by Crippen LogP contribution is 2.48. The van der Waals surface area contributed by atoms with Crippen LogP contribution in [0, 0.1) is 0 Å². The molecule has 0 N–H and O–H groups in total. The Morgan fingerprint density at radius 1 is 1.25 bits per heavy atom. The molecule has 0 aliphatic carbocycles. The average Bonchev–Trinajstić information content (AvgIpc) is 2.15. The van der Waals surface area contributed by atoms with Gasteiger partial charge in [-0.2, -0.15) is 0 Å². The predicted molar refractivity (Wildman–Crippen MR) is 76.2 cm³/mol. The van der Waals surface area contributed by atoms with Gasteiger partial charge in [0.05, 0.1) is 0 Å². The zero-order chi connectivity index (χ0) is 12.3. The summed E-state index contributed by atoms with van der Waals surface area (Å²) in [5, 5.41) is 1.14. The van der Waals surface area contributed by atoms with Gasteiger partial charge in [-0.1, -0.05) is 54.5 Å². The summed E-state index contributed by atoms with van der Waals surface area (Å²) in [6.45, 7) is 4.14. The third-order valence-electron chi connectivity index (χ3n) is 2.43. The van der Waals surface area contributed by atoms with Gasteiger partial charge in [0.15, 0.2) is 0 Å². The molecule has 0 spiro atoms. The molecule has 0 saturated carbocycles. The Bertz CT molecular complexity index is 351. The normalized spacial score (nSPS) is 11.8. The molecule has 0 aliphatic heterocycles. The molecule has 0 aliphatic rings. The monoisotopic (exact) mass is 277 g/mol. The number of halogens is 2. The summed E-state index contributed by atoms with van der Waals surface area (Å²) in [6, 6.07) is 6.32. The molecule has 0 bridgehead atoms. The summed E-state index contributed by atoms with van der Waals surface area (Å²) in [4.78, 5) is 2.13. The third-order valence-corrected chi connectivity index (χ3v) is 4.33. The van der Waals surface area contributed by atoms with Crippen LogP contribution in [-0.2, 0) is 6.54 Å².